The van der Waals surface area contributed by atoms with E-state index in [9.17, 15) is 19.5 Å². The standard InChI is InChI=1S/3C7H6O2.Na.H2O/c3*8-7(9)6-4-2-1-3-5-6;;/h3*1-5H,(H,8,9);;1H2/q;;;+1;/p-1. The zero-order valence-electron chi connectivity index (χ0n) is 15.7. The van der Waals surface area contributed by atoms with Crippen LogP contribution in [0.4, 0.5) is 0 Å². The molecule has 29 heavy (non-hydrogen) atoms. The second-order valence-corrected chi connectivity index (χ2v) is 5.00. The molecule has 0 aliphatic heterocycles. The Bertz CT molecular complexity index is 736. The number of aromatic carboxylic acids is 3. The fraction of sp³-hybridized carbons (Fsp3) is 0. The van der Waals surface area contributed by atoms with E-state index in [2.05, 4.69) is 0 Å². The number of carboxylic acids is 3. The second-order valence-electron chi connectivity index (χ2n) is 5.00. The number of rotatable bonds is 3. The molecular formula is C21H19NaO7. The van der Waals surface area contributed by atoms with Crippen LogP contribution >= 0.6 is 0 Å². The summed E-state index contributed by atoms with van der Waals surface area (Å²) in [7, 11) is 0. The molecule has 8 heteroatoms. The summed E-state index contributed by atoms with van der Waals surface area (Å²) < 4.78 is 0. The largest absolute Gasteiger partial charge is 1.00 e. The van der Waals surface area contributed by atoms with Gasteiger partial charge in [-0.1, -0.05) is 66.7 Å². The van der Waals surface area contributed by atoms with E-state index in [0.717, 1.165) is 0 Å². The maximum absolute atomic E-state index is 10.2. The van der Waals surface area contributed by atoms with E-state index in [1.54, 1.807) is 78.9 Å². The molecule has 0 heterocycles. The van der Waals surface area contributed by atoms with Gasteiger partial charge in [0.05, 0.1) is 17.1 Å². The number of carbonyl (C=O) groups excluding carboxylic acids is 1. The first-order valence-corrected chi connectivity index (χ1v) is 7.75. The van der Waals surface area contributed by atoms with Crippen molar-refractivity contribution in [2.24, 2.45) is 0 Å². The van der Waals surface area contributed by atoms with Crippen molar-refractivity contribution in [1.82, 2.24) is 0 Å². The molecule has 0 aliphatic carbocycles. The van der Waals surface area contributed by atoms with Gasteiger partial charge in [0, 0.05) is 0 Å². The summed E-state index contributed by atoms with van der Waals surface area (Å²) in [6.07, 6.45) is 0. The molecule has 0 saturated carbocycles. The monoisotopic (exact) mass is 406 g/mol. The van der Waals surface area contributed by atoms with Crippen LogP contribution in [0.25, 0.3) is 0 Å². The Hall–Kier alpha value is -2.97. The van der Waals surface area contributed by atoms with Crippen molar-refractivity contribution in [3.63, 3.8) is 0 Å². The molecule has 3 aromatic carbocycles. The SMILES string of the molecule is O.O=C(O)c1ccccc1.O=C(O)c1ccccc1.O=C([O-])c1ccccc1.[Na+]. The van der Waals surface area contributed by atoms with Crippen LogP contribution < -0.4 is 34.7 Å². The number of hydrogen-bond acceptors (Lipinski definition) is 4. The van der Waals surface area contributed by atoms with Gasteiger partial charge >= 0.3 is 41.5 Å². The summed E-state index contributed by atoms with van der Waals surface area (Å²) in [5, 5.41) is 26.9. The van der Waals surface area contributed by atoms with Crippen LogP contribution in [0, 0.1) is 0 Å². The third-order valence-electron chi connectivity index (χ3n) is 3.05. The summed E-state index contributed by atoms with van der Waals surface area (Å²) in [6, 6.07) is 24.7. The van der Waals surface area contributed by atoms with Crippen molar-refractivity contribution in [3.8, 4) is 0 Å². The van der Waals surface area contributed by atoms with Crippen LogP contribution in [-0.2, 0) is 0 Å². The van der Waals surface area contributed by atoms with Gasteiger partial charge < -0.3 is 25.6 Å². The predicted molar refractivity (Wildman–Crippen MR) is 101 cm³/mol. The fourth-order valence-corrected chi connectivity index (χ4v) is 1.74. The molecule has 0 unspecified atom stereocenters. The Labute approximate surface area is 189 Å². The van der Waals surface area contributed by atoms with Gasteiger partial charge in [-0.3, -0.25) is 0 Å². The smallest absolute Gasteiger partial charge is 0.545 e. The Kier molecular flexibility index (Phi) is 15.6. The van der Waals surface area contributed by atoms with Crippen LogP contribution in [0.15, 0.2) is 91.0 Å². The van der Waals surface area contributed by atoms with Crippen LogP contribution in [0.2, 0.25) is 0 Å². The first-order valence-electron chi connectivity index (χ1n) is 7.75. The Balaban J connectivity index is 0. The molecule has 0 amide bonds. The van der Waals surface area contributed by atoms with Crippen molar-refractivity contribution in [1.29, 1.82) is 0 Å². The van der Waals surface area contributed by atoms with Gasteiger partial charge in [-0.25, -0.2) is 9.59 Å². The van der Waals surface area contributed by atoms with Gasteiger partial charge in [-0.2, -0.15) is 0 Å². The maximum Gasteiger partial charge on any atom is 1.00 e. The topological polar surface area (TPSA) is 146 Å². The fourth-order valence-electron chi connectivity index (χ4n) is 1.74. The van der Waals surface area contributed by atoms with E-state index in [1.807, 2.05) is 0 Å². The summed E-state index contributed by atoms with van der Waals surface area (Å²) in [4.78, 5) is 30.5. The molecule has 146 valence electrons. The molecule has 3 rings (SSSR count). The van der Waals surface area contributed by atoms with Crippen molar-refractivity contribution < 1.29 is 64.7 Å². The minimum absolute atomic E-state index is 0. The van der Waals surface area contributed by atoms with E-state index in [4.69, 9.17) is 10.2 Å². The molecular weight excluding hydrogens is 387 g/mol. The Morgan fingerprint density at radius 1 is 0.552 bits per heavy atom. The Morgan fingerprint density at radius 3 is 0.931 bits per heavy atom. The van der Waals surface area contributed by atoms with E-state index < -0.39 is 17.9 Å². The summed E-state index contributed by atoms with van der Waals surface area (Å²) in [5.74, 6) is -2.89. The normalized spacial score (nSPS) is 8.28. The van der Waals surface area contributed by atoms with Crippen molar-refractivity contribution in [3.05, 3.63) is 108 Å². The molecule has 0 spiro atoms. The molecule has 0 atom stereocenters. The summed E-state index contributed by atoms with van der Waals surface area (Å²) >= 11 is 0. The predicted octanol–water partition coefficient (Wildman–Crippen LogP) is -1.00. The number of benzene rings is 3. The second kappa shape index (κ2) is 16.0. The van der Waals surface area contributed by atoms with Gasteiger partial charge in [0.2, 0.25) is 0 Å². The quantitative estimate of drug-likeness (QED) is 0.534. The molecule has 0 fully saturated rings. The molecule has 0 aliphatic rings. The summed E-state index contributed by atoms with van der Waals surface area (Å²) in [6.45, 7) is 0. The molecule has 4 N–H and O–H groups in total. The average molecular weight is 406 g/mol. The molecule has 0 bridgehead atoms. The maximum atomic E-state index is 10.2. The minimum atomic E-state index is -1.13. The van der Waals surface area contributed by atoms with E-state index in [0.29, 0.717) is 11.1 Å². The third kappa shape index (κ3) is 12.2. The molecule has 7 nitrogen and oxygen atoms in total. The van der Waals surface area contributed by atoms with Gasteiger partial charge in [0.15, 0.2) is 0 Å². The van der Waals surface area contributed by atoms with Crippen LogP contribution in [0.1, 0.15) is 31.1 Å². The van der Waals surface area contributed by atoms with Crippen molar-refractivity contribution in [2.45, 2.75) is 0 Å². The van der Waals surface area contributed by atoms with E-state index in [-0.39, 0.29) is 40.6 Å². The van der Waals surface area contributed by atoms with Crippen LogP contribution in [0.3, 0.4) is 0 Å². The van der Waals surface area contributed by atoms with Crippen LogP contribution in [0.5, 0.6) is 0 Å². The summed E-state index contributed by atoms with van der Waals surface area (Å²) in [5.41, 5.74) is 0.882. The first-order chi connectivity index (χ1) is 12.9. The Morgan fingerprint density at radius 2 is 0.793 bits per heavy atom. The third-order valence-corrected chi connectivity index (χ3v) is 3.05. The van der Waals surface area contributed by atoms with E-state index in [1.165, 1.54) is 12.1 Å². The van der Waals surface area contributed by atoms with Gasteiger partial charge in [-0.05, 0) is 29.8 Å². The van der Waals surface area contributed by atoms with E-state index >= 15 is 0 Å². The van der Waals surface area contributed by atoms with Gasteiger partial charge in [0.25, 0.3) is 0 Å². The first kappa shape index (κ1) is 28.2. The number of carbonyl (C=O) groups is 3. The molecule has 0 saturated heterocycles. The van der Waals surface area contributed by atoms with Crippen molar-refractivity contribution >= 4 is 17.9 Å². The zero-order valence-corrected chi connectivity index (χ0v) is 17.7. The average Bonchev–Trinajstić information content (AvgIpc) is 2.71. The van der Waals surface area contributed by atoms with Gasteiger partial charge in [-0.15, -0.1) is 0 Å². The molecule has 3 aromatic rings. The van der Waals surface area contributed by atoms with Gasteiger partial charge in [0.1, 0.15) is 0 Å². The van der Waals surface area contributed by atoms with Crippen LogP contribution in [-0.4, -0.2) is 33.6 Å². The number of carboxylic acid groups (broad SMARTS) is 3. The van der Waals surface area contributed by atoms with Crippen molar-refractivity contribution in [2.75, 3.05) is 0 Å². The zero-order chi connectivity index (χ0) is 20.1. The minimum Gasteiger partial charge on any atom is -0.545 e. The number of hydrogen-bond donors (Lipinski definition) is 2. The molecule has 0 radical (unpaired) electrons. The molecule has 0 aromatic heterocycles.